The molecule has 0 aromatic heterocycles. The fourth-order valence-corrected chi connectivity index (χ4v) is 2.23. The molecule has 0 saturated carbocycles. The maximum atomic E-state index is 4.44. The van der Waals surface area contributed by atoms with Crippen LogP contribution in [0.1, 0.15) is 40.5 Å². The van der Waals surface area contributed by atoms with Gasteiger partial charge < -0.3 is 15.5 Å². The van der Waals surface area contributed by atoms with E-state index >= 15 is 0 Å². The van der Waals surface area contributed by atoms with Gasteiger partial charge in [0.1, 0.15) is 0 Å². The van der Waals surface area contributed by atoms with Crippen LogP contribution in [0.5, 0.6) is 0 Å². The second-order valence-corrected chi connectivity index (χ2v) is 4.90. The number of aliphatic imine (C=N–C) groups is 1. The van der Waals surface area contributed by atoms with E-state index in [2.05, 4.69) is 48.2 Å². The zero-order chi connectivity index (χ0) is 12.7. The molecule has 0 unspecified atom stereocenters. The van der Waals surface area contributed by atoms with Crippen LogP contribution in [0, 0.1) is 0 Å². The minimum Gasteiger partial charge on any atom is -0.357 e. The lowest BCUT2D eigenvalue weighted by molar-refractivity contribution is 0.167. The first kappa shape index (κ1) is 18.0. The van der Waals surface area contributed by atoms with Gasteiger partial charge in [0.15, 0.2) is 5.96 Å². The average molecular weight is 368 g/mol. The molecule has 2 N–H and O–H groups in total. The quantitative estimate of drug-likeness (QED) is 0.453. The number of nitrogens with zero attached hydrogens (tertiary/aromatic N) is 2. The van der Waals surface area contributed by atoms with Crippen LogP contribution in [0.15, 0.2) is 4.99 Å². The van der Waals surface area contributed by atoms with Crippen molar-refractivity contribution in [2.24, 2.45) is 4.99 Å². The zero-order valence-electron chi connectivity index (χ0n) is 12.2. The Bertz CT molecular complexity index is 235. The standard InChI is InChI=1S/C13H28N4.HI/c1-5-14-13(15-6-2)16-12-7-9-17(10-8-12)11(3)4;/h11-12H,5-10H2,1-4H3,(H2,14,15,16);1H. The van der Waals surface area contributed by atoms with E-state index in [1.54, 1.807) is 0 Å². The third kappa shape index (κ3) is 6.22. The van der Waals surface area contributed by atoms with Crippen molar-refractivity contribution in [3.63, 3.8) is 0 Å². The summed E-state index contributed by atoms with van der Waals surface area (Å²) in [5, 5.41) is 6.82. The van der Waals surface area contributed by atoms with Gasteiger partial charge in [-0.15, -0.1) is 24.0 Å². The fourth-order valence-electron chi connectivity index (χ4n) is 2.23. The molecule has 18 heavy (non-hydrogen) atoms. The predicted octanol–water partition coefficient (Wildman–Crippen LogP) is 2.05. The van der Waals surface area contributed by atoms with Crippen molar-refractivity contribution < 1.29 is 0 Å². The first-order chi connectivity index (χ1) is 8.17. The molecule has 0 aromatic rings. The maximum Gasteiger partial charge on any atom is 0.191 e. The summed E-state index contributed by atoms with van der Waals surface area (Å²) in [4.78, 5) is 6.99. The molecule has 0 spiro atoms. The normalized spacial score (nSPS) is 18.6. The van der Waals surface area contributed by atoms with Gasteiger partial charge in [-0.05, 0) is 40.5 Å². The van der Waals surface area contributed by atoms with Gasteiger partial charge in [-0.3, -0.25) is 4.99 Å². The van der Waals surface area contributed by atoms with Crippen molar-refractivity contribution in [3.05, 3.63) is 0 Å². The summed E-state index contributed by atoms with van der Waals surface area (Å²) in [7, 11) is 0. The van der Waals surface area contributed by atoms with Gasteiger partial charge >= 0.3 is 0 Å². The molecule has 0 aliphatic carbocycles. The molecule has 1 aliphatic heterocycles. The first-order valence-corrected chi connectivity index (χ1v) is 6.96. The number of likely N-dealkylation sites (tertiary alicyclic amines) is 1. The summed E-state index contributed by atoms with van der Waals surface area (Å²) in [6.07, 6.45) is 2.43. The van der Waals surface area contributed by atoms with Gasteiger partial charge in [-0.1, -0.05) is 0 Å². The second kappa shape index (κ2) is 9.83. The van der Waals surface area contributed by atoms with Crippen LogP contribution in [0.4, 0.5) is 0 Å². The largest absolute Gasteiger partial charge is 0.357 e. The van der Waals surface area contributed by atoms with E-state index in [4.69, 9.17) is 0 Å². The monoisotopic (exact) mass is 368 g/mol. The second-order valence-electron chi connectivity index (χ2n) is 4.90. The van der Waals surface area contributed by atoms with Crippen LogP contribution in [-0.2, 0) is 0 Å². The lowest BCUT2D eigenvalue weighted by Crippen LogP contribution is -2.49. The van der Waals surface area contributed by atoms with Crippen molar-refractivity contribution in [3.8, 4) is 0 Å². The Labute approximate surface area is 129 Å². The van der Waals surface area contributed by atoms with E-state index in [1.165, 1.54) is 25.9 Å². The first-order valence-electron chi connectivity index (χ1n) is 6.96. The third-order valence-electron chi connectivity index (χ3n) is 3.26. The highest BCUT2D eigenvalue weighted by molar-refractivity contribution is 14.0. The summed E-state index contributed by atoms with van der Waals surface area (Å²) in [6.45, 7) is 12.9. The highest BCUT2D eigenvalue weighted by Gasteiger charge is 2.21. The maximum absolute atomic E-state index is 4.44. The molecule has 1 fully saturated rings. The summed E-state index contributed by atoms with van der Waals surface area (Å²) in [6, 6.07) is 1.25. The van der Waals surface area contributed by atoms with Crippen molar-refractivity contribution in [1.82, 2.24) is 15.5 Å². The van der Waals surface area contributed by atoms with E-state index in [1.807, 2.05) is 0 Å². The predicted molar refractivity (Wildman–Crippen MR) is 89.9 cm³/mol. The smallest absolute Gasteiger partial charge is 0.191 e. The van der Waals surface area contributed by atoms with E-state index in [0.717, 1.165) is 19.0 Å². The Balaban J connectivity index is 0.00000289. The number of guanidine groups is 1. The fraction of sp³-hybridized carbons (Fsp3) is 0.923. The van der Waals surface area contributed by atoms with Crippen molar-refractivity contribution in [2.75, 3.05) is 26.2 Å². The number of hydrogen-bond donors (Lipinski definition) is 2. The molecule has 0 amide bonds. The Morgan fingerprint density at radius 1 is 1.28 bits per heavy atom. The molecule has 1 heterocycles. The minimum atomic E-state index is 0. The molecular weight excluding hydrogens is 339 g/mol. The Morgan fingerprint density at radius 2 is 1.89 bits per heavy atom. The molecular formula is C13H29IN4. The van der Waals surface area contributed by atoms with Gasteiger partial charge in [0, 0.05) is 38.3 Å². The molecule has 1 rings (SSSR count). The lowest BCUT2D eigenvalue weighted by atomic mass is 10.0. The van der Waals surface area contributed by atoms with Crippen LogP contribution in [-0.4, -0.2) is 49.1 Å². The Morgan fingerprint density at radius 3 is 2.33 bits per heavy atom. The summed E-state index contributed by atoms with van der Waals surface area (Å²) in [5.74, 6) is 0.970. The molecule has 4 nitrogen and oxygen atoms in total. The Hall–Kier alpha value is -0.0400. The zero-order valence-corrected chi connectivity index (χ0v) is 14.5. The molecule has 0 aromatic carbocycles. The molecule has 1 saturated heterocycles. The summed E-state index contributed by atoms with van der Waals surface area (Å²) >= 11 is 0. The van der Waals surface area contributed by atoms with Crippen LogP contribution in [0.3, 0.4) is 0 Å². The number of rotatable bonds is 4. The topological polar surface area (TPSA) is 39.7 Å². The van der Waals surface area contributed by atoms with Gasteiger partial charge in [0.05, 0.1) is 0 Å². The molecule has 5 heteroatoms. The molecule has 108 valence electrons. The van der Waals surface area contributed by atoms with Crippen LogP contribution >= 0.6 is 24.0 Å². The number of halogens is 1. The molecule has 0 atom stereocenters. The van der Waals surface area contributed by atoms with Crippen molar-refractivity contribution in [2.45, 2.75) is 52.6 Å². The number of piperidine rings is 1. The minimum absolute atomic E-state index is 0. The highest BCUT2D eigenvalue weighted by atomic mass is 127. The molecule has 1 aliphatic rings. The van der Waals surface area contributed by atoms with Crippen LogP contribution in [0.2, 0.25) is 0 Å². The van der Waals surface area contributed by atoms with Gasteiger partial charge in [-0.25, -0.2) is 0 Å². The number of hydrogen-bond acceptors (Lipinski definition) is 2. The van der Waals surface area contributed by atoms with Gasteiger partial charge in [-0.2, -0.15) is 0 Å². The highest BCUT2D eigenvalue weighted by Crippen LogP contribution is 2.12. The molecule has 0 radical (unpaired) electrons. The summed E-state index contributed by atoms with van der Waals surface area (Å²) in [5.41, 5.74) is 0. The average Bonchev–Trinajstić information content (AvgIpc) is 2.30. The molecule has 0 bridgehead atoms. The van der Waals surface area contributed by atoms with E-state index in [-0.39, 0.29) is 24.0 Å². The SMILES string of the molecule is CCN=C(NCC)NC1CCN(C(C)C)CC1.I. The van der Waals surface area contributed by atoms with Crippen LogP contribution in [0.25, 0.3) is 0 Å². The van der Waals surface area contributed by atoms with E-state index in [9.17, 15) is 0 Å². The number of nitrogens with one attached hydrogen (secondary N) is 2. The van der Waals surface area contributed by atoms with Crippen molar-refractivity contribution in [1.29, 1.82) is 0 Å². The van der Waals surface area contributed by atoms with E-state index < -0.39 is 0 Å². The van der Waals surface area contributed by atoms with Gasteiger partial charge in [0.2, 0.25) is 0 Å². The van der Waals surface area contributed by atoms with Gasteiger partial charge in [0.25, 0.3) is 0 Å². The summed E-state index contributed by atoms with van der Waals surface area (Å²) < 4.78 is 0. The van der Waals surface area contributed by atoms with E-state index in [0.29, 0.717) is 12.1 Å². The Kier molecular flexibility index (Phi) is 9.81. The van der Waals surface area contributed by atoms with Crippen molar-refractivity contribution >= 4 is 29.9 Å². The lowest BCUT2D eigenvalue weighted by Gasteiger charge is -2.35. The van der Waals surface area contributed by atoms with Crippen LogP contribution < -0.4 is 10.6 Å². The third-order valence-corrected chi connectivity index (χ3v) is 3.26.